The summed E-state index contributed by atoms with van der Waals surface area (Å²) in [6.07, 6.45) is 1.73. The Hall–Kier alpha value is -7.31. The third kappa shape index (κ3) is 5.69. The van der Waals surface area contributed by atoms with E-state index in [0.717, 1.165) is 61.1 Å². The smallest absolute Gasteiger partial charge is 0.229 e. The number of rotatable bonds is 6. The summed E-state index contributed by atoms with van der Waals surface area (Å²) in [4.78, 5) is 24.7. The highest BCUT2D eigenvalue weighted by Gasteiger charge is 2.19. The first-order valence-corrected chi connectivity index (χ1v) is 17.5. The molecule has 0 aliphatic heterocycles. The molecule has 10 rings (SSSR count). The van der Waals surface area contributed by atoms with Gasteiger partial charge in [0.25, 0.3) is 0 Å². The largest absolute Gasteiger partial charge is 0.434 e. The highest BCUT2D eigenvalue weighted by Crippen LogP contribution is 2.37. The molecule has 0 aliphatic carbocycles. The number of hydrogen-bond acceptors (Lipinski definition) is 6. The highest BCUT2D eigenvalue weighted by atomic mass is 16.3. The lowest BCUT2D eigenvalue weighted by atomic mass is 10.0. The van der Waals surface area contributed by atoms with E-state index in [2.05, 4.69) is 114 Å². The molecule has 6 heteroatoms. The summed E-state index contributed by atoms with van der Waals surface area (Å²) >= 11 is 0. The lowest BCUT2D eigenvalue weighted by Crippen LogP contribution is -1.96. The molecule has 6 aromatic carbocycles. The van der Waals surface area contributed by atoms with Crippen LogP contribution in [-0.2, 0) is 0 Å². The molecule has 0 bridgehead atoms. The summed E-state index contributed by atoms with van der Waals surface area (Å²) in [5, 5.41) is 3.15. The van der Waals surface area contributed by atoms with Crippen LogP contribution >= 0.6 is 0 Å². The molecule has 248 valence electrons. The Morgan fingerprint density at radius 3 is 1.66 bits per heavy atom. The van der Waals surface area contributed by atoms with Crippen LogP contribution in [0, 0.1) is 0 Å². The van der Waals surface area contributed by atoms with Gasteiger partial charge in [0, 0.05) is 34.0 Å². The quantitative estimate of drug-likeness (QED) is 0.174. The molecule has 0 radical (unpaired) electrons. The zero-order valence-electron chi connectivity index (χ0n) is 28.4. The fraction of sp³-hybridized carbons (Fsp3) is 0. The molecule has 6 nitrogen and oxygen atoms in total. The SMILES string of the molecule is c1ccc(-c2ccc(-c3cc(-c4ccc(-c5nc(-c6ccc7ccccc7c6)nc6c5oc5ncccc56)cc4)nc(-c4ccccc4)n3)cc2)cc1. The molecule has 0 atom stereocenters. The molecule has 0 amide bonds. The average Bonchev–Trinajstić information content (AvgIpc) is 3.62. The van der Waals surface area contributed by atoms with Crippen LogP contribution in [0.3, 0.4) is 0 Å². The van der Waals surface area contributed by atoms with E-state index in [4.69, 9.17) is 24.4 Å². The van der Waals surface area contributed by atoms with Crippen molar-refractivity contribution < 1.29 is 4.42 Å². The first-order valence-electron chi connectivity index (χ1n) is 17.5. The number of hydrogen-bond donors (Lipinski definition) is 0. The summed E-state index contributed by atoms with van der Waals surface area (Å²) in [6, 6.07) is 57.9. The molecular weight excluding hydrogens is 651 g/mol. The van der Waals surface area contributed by atoms with Crippen molar-refractivity contribution in [2.45, 2.75) is 0 Å². The molecule has 0 aliphatic rings. The number of fused-ring (bicyclic) bond motifs is 4. The highest BCUT2D eigenvalue weighted by molar-refractivity contribution is 6.06. The molecule has 4 aromatic heterocycles. The van der Waals surface area contributed by atoms with Crippen molar-refractivity contribution >= 4 is 33.0 Å². The van der Waals surface area contributed by atoms with Gasteiger partial charge in [-0.25, -0.2) is 24.9 Å². The Morgan fingerprint density at radius 1 is 0.377 bits per heavy atom. The average molecular weight is 680 g/mol. The fourth-order valence-corrected chi connectivity index (χ4v) is 6.85. The Labute approximate surface area is 305 Å². The monoisotopic (exact) mass is 679 g/mol. The van der Waals surface area contributed by atoms with Gasteiger partial charge in [0.1, 0.15) is 11.2 Å². The van der Waals surface area contributed by atoms with Crippen molar-refractivity contribution in [2.24, 2.45) is 0 Å². The number of nitrogens with zero attached hydrogens (tertiary/aromatic N) is 5. The van der Waals surface area contributed by atoms with Crippen molar-refractivity contribution in [1.29, 1.82) is 0 Å². The van der Waals surface area contributed by atoms with Crippen LogP contribution in [0.15, 0.2) is 180 Å². The van der Waals surface area contributed by atoms with Gasteiger partial charge >= 0.3 is 0 Å². The number of benzene rings is 6. The van der Waals surface area contributed by atoms with Crippen molar-refractivity contribution in [3.63, 3.8) is 0 Å². The second kappa shape index (κ2) is 12.8. The van der Waals surface area contributed by atoms with Crippen LogP contribution in [0.1, 0.15) is 0 Å². The van der Waals surface area contributed by atoms with Gasteiger partial charge in [0.05, 0.1) is 16.8 Å². The van der Waals surface area contributed by atoms with Crippen LogP contribution in [-0.4, -0.2) is 24.9 Å². The molecule has 53 heavy (non-hydrogen) atoms. The Morgan fingerprint density at radius 2 is 0.943 bits per heavy atom. The minimum absolute atomic E-state index is 0.532. The first-order chi connectivity index (χ1) is 26.2. The van der Waals surface area contributed by atoms with E-state index in [1.807, 2.05) is 60.7 Å². The third-order valence-electron chi connectivity index (χ3n) is 9.60. The molecule has 0 saturated heterocycles. The first kappa shape index (κ1) is 30.5. The molecule has 0 fully saturated rings. The van der Waals surface area contributed by atoms with Gasteiger partial charge in [0.2, 0.25) is 5.71 Å². The number of pyridine rings is 1. The van der Waals surface area contributed by atoms with E-state index >= 15 is 0 Å². The molecule has 4 heterocycles. The Balaban J connectivity index is 1.08. The van der Waals surface area contributed by atoms with Crippen molar-refractivity contribution in [3.05, 3.63) is 176 Å². The Kier molecular flexibility index (Phi) is 7.36. The van der Waals surface area contributed by atoms with E-state index in [9.17, 15) is 0 Å². The van der Waals surface area contributed by atoms with Gasteiger partial charge in [0.15, 0.2) is 17.2 Å². The summed E-state index contributed by atoms with van der Waals surface area (Å²) in [5.74, 6) is 1.29. The van der Waals surface area contributed by atoms with Gasteiger partial charge in [-0.1, -0.05) is 146 Å². The fourth-order valence-electron chi connectivity index (χ4n) is 6.85. The minimum Gasteiger partial charge on any atom is -0.434 e. The predicted molar refractivity (Wildman–Crippen MR) is 213 cm³/mol. The third-order valence-corrected chi connectivity index (χ3v) is 9.60. The summed E-state index contributed by atoms with van der Waals surface area (Å²) < 4.78 is 6.32. The maximum Gasteiger partial charge on any atom is 0.229 e. The van der Waals surface area contributed by atoms with E-state index in [0.29, 0.717) is 28.6 Å². The maximum atomic E-state index is 6.32. The summed E-state index contributed by atoms with van der Waals surface area (Å²) in [7, 11) is 0. The molecular formula is C47H29N5O. The summed E-state index contributed by atoms with van der Waals surface area (Å²) in [6.45, 7) is 0. The zero-order valence-corrected chi connectivity index (χ0v) is 28.4. The lowest BCUT2D eigenvalue weighted by Gasteiger charge is -2.11. The zero-order chi connectivity index (χ0) is 35.1. The minimum atomic E-state index is 0.532. The second-order valence-electron chi connectivity index (χ2n) is 12.9. The number of furan rings is 1. The lowest BCUT2D eigenvalue weighted by molar-refractivity contribution is 0.652. The van der Waals surface area contributed by atoms with Crippen molar-refractivity contribution in [2.75, 3.05) is 0 Å². The topological polar surface area (TPSA) is 77.6 Å². The number of aromatic nitrogens is 5. The molecule has 10 aromatic rings. The van der Waals surface area contributed by atoms with Crippen LogP contribution in [0.4, 0.5) is 0 Å². The van der Waals surface area contributed by atoms with E-state index in [-0.39, 0.29) is 0 Å². The van der Waals surface area contributed by atoms with Gasteiger partial charge in [-0.15, -0.1) is 0 Å². The van der Waals surface area contributed by atoms with E-state index in [1.165, 1.54) is 10.9 Å². The van der Waals surface area contributed by atoms with Gasteiger partial charge in [-0.3, -0.25) is 0 Å². The maximum absolute atomic E-state index is 6.32. The molecule has 0 spiro atoms. The van der Waals surface area contributed by atoms with Crippen LogP contribution in [0.5, 0.6) is 0 Å². The van der Waals surface area contributed by atoms with Crippen LogP contribution in [0.2, 0.25) is 0 Å². The predicted octanol–water partition coefficient (Wildman–Crippen LogP) is 11.7. The van der Waals surface area contributed by atoms with Gasteiger partial charge in [-0.05, 0) is 46.2 Å². The molecule has 0 N–H and O–H groups in total. The Bertz CT molecular complexity index is 2920. The van der Waals surface area contributed by atoms with Gasteiger partial charge in [-0.2, -0.15) is 0 Å². The second-order valence-corrected chi connectivity index (χ2v) is 12.9. The van der Waals surface area contributed by atoms with Crippen molar-refractivity contribution in [1.82, 2.24) is 24.9 Å². The molecule has 0 unspecified atom stereocenters. The molecule has 0 saturated carbocycles. The normalized spacial score (nSPS) is 11.4. The van der Waals surface area contributed by atoms with Crippen LogP contribution in [0.25, 0.3) is 101 Å². The van der Waals surface area contributed by atoms with Crippen molar-refractivity contribution in [3.8, 4) is 67.7 Å². The van der Waals surface area contributed by atoms with E-state index in [1.54, 1.807) is 6.20 Å². The standard InChI is InChI=1S/C47H29N5O/c1-3-10-30(11-4-1)32-17-20-33(21-18-32)40-29-41(50-45(49-40)36-13-5-2-6-14-36)34-22-24-35(25-23-34)42-44-43(39-16-9-27-48-47(39)53-44)52-46(51-42)38-26-19-31-12-7-8-15-37(31)28-38/h1-29H. The van der Waals surface area contributed by atoms with E-state index < -0.39 is 0 Å². The van der Waals surface area contributed by atoms with Gasteiger partial charge < -0.3 is 4.42 Å². The van der Waals surface area contributed by atoms with Crippen LogP contribution < -0.4 is 0 Å². The summed E-state index contributed by atoms with van der Waals surface area (Å²) in [5.41, 5.74) is 11.3.